The van der Waals surface area contributed by atoms with Crippen LogP contribution < -0.4 is 0 Å². The van der Waals surface area contributed by atoms with Crippen LogP contribution in [0.25, 0.3) is 0 Å². The van der Waals surface area contributed by atoms with Crippen molar-refractivity contribution < 1.29 is 28.5 Å². The first-order valence-corrected chi connectivity index (χ1v) is 12.6. The maximum Gasteiger partial charge on any atom is 0.333 e. The number of carbonyl (C=O) groups excluding carboxylic acids is 2. The molecule has 32 heavy (non-hydrogen) atoms. The first-order valence-electron chi connectivity index (χ1n) is 12.6. The van der Waals surface area contributed by atoms with E-state index in [1.807, 2.05) is 0 Å². The lowest BCUT2D eigenvalue weighted by molar-refractivity contribution is -0.288. The summed E-state index contributed by atoms with van der Waals surface area (Å²) in [5.41, 5.74) is -0.251. The van der Waals surface area contributed by atoms with Gasteiger partial charge in [-0.15, -0.1) is 0 Å². The van der Waals surface area contributed by atoms with Crippen LogP contribution in [0.1, 0.15) is 59.3 Å². The van der Waals surface area contributed by atoms with Crippen LogP contribution in [-0.2, 0) is 28.5 Å². The average molecular weight is 445 g/mol. The highest BCUT2D eigenvalue weighted by Crippen LogP contribution is 2.65. The predicted octanol–water partition coefficient (Wildman–Crippen LogP) is 3.67. The lowest BCUT2D eigenvalue weighted by atomic mass is 9.44. The first-order chi connectivity index (χ1) is 15.2. The van der Waals surface area contributed by atoms with Gasteiger partial charge < -0.3 is 18.9 Å². The second-order valence-corrected chi connectivity index (χ2v) is 11.8. The molecule has 7 fully saturated rings. The fraction of sp³-hybridized carbons (Fsp3) is 0.846. The minimum Gasteiger partial charge on any atom is -0.459 e. The lowest BCUT2D eigenvalue weighted by Gasteiger charge is -2.67. The second-order valence-electron chi connectivity index (χ2n) is 11.8. The fourth-order valence-electron chi connectivity index (χ4n) is 8.84. The van der Waals surface area contributed by atoms with Gasteiger partial charge in [0.15, 0.2) is 0 Å². The molecule has 7 aliphatic rings. The highest BCUT2D eigenvalue weighted by Gasteiger charge is 2.68. The van der Waals surface area contributed by atoms with Crippen molar-refractivity contribution in [1.29, 1.82) is 0 Å². The summed E-state index contributed by atoms with van der Waals surface area (Å²) in [6.45, 7) is 11.0. The van der Waals surface area contributed by atoms with Gasteiger partial charge >= 0.3 is 11.9 Å². The Labute approximate surface area is 190 Å². The van der Waals surface area contributed by atoms with Gasteiger partial charge in [0.25, 0.3) is 0 Å². The smallest absolute Gasteiger partial charge is 0.333 e. The van der Waals surface area contributed by atoms with Crippen LogP contribution in [-0.4, -0.2) is 48.6 Å². The largest absolute Gasteiger partial charge is 0.459 e. The lowest BCUT2D eigenvalue weighted by Crippen LogP contribution is -2.70. The Bertz CT molecular complexity index is 853. The van der Waals surface area contributed by atoms with Gasteiger partial charge in [0.2, 0.25) is 0 Å². The number of esters is 2. The molecule has 11 unspecified atom stereocenters. The zero-order chi connectivity index (χ0) is 22.4. The number of hydrogen-bond acceptors (Lipinski definition) is 6. The van der Waals surface area contributed by atoms with Crippen molar-refractivity contribution in [2.45, 2.75) is 82.7 Å². The molecule has 1 saturated heterocycles. The van der Waals surface area contributed by atoms with Gasteiger partial charge in [-0.25, -0.2) is 4.79 Å². The third kappa shape index (κ3) is 2.78. The summed E-state index contributed by atoms with van der Waals surface area (Å²) in [6.07, 6.45) is 6.19. The average Bonchev–Trinajstić information content (AvgIpc) is 3.37. The van der Waals surface area contributed by atoms with Gasteiger partial charge in [0.05, 0.1) is 30.8 Å². The van der Waals surface area contributed by atoms with Gasteiger partial charge in [-0.2, -0.15) is 0 Å². The number of carbonyl (C=O) groups is 2. The number of fused-ring (bicyclic) bond motifs is 1. The Morgan fingerprint density at radius 2 is 1.94 bits per heavy atom. The molecule has 1 heterocycles. The molecule has 176 valence electrons. The summed E-state index contributed by atoms with van der Waals surface area (Å²) >= 11 is 0. The van der Waals surface area contributed by atoms with E-state index in [2.05, 4.69) is 20.4 Å². The molecule has 0 aromatic rings. The maximum atomic E-state index is 12.6. The van der Waals surface area contributed by atoms with Crippen LogP contribution in [0.4, 0.5) is 0 Å². The predicted molar refractivity (Wildman–Crippen MR) is 115 cm³/mol. The Morgan fingerprint density at radius 3 is 2.72 bits per heavy atom. The van der Waals surface area contributed by atoms with Gasteiger partial charge in [0, 0.05) is 17.4 Å². The van der Waals surface area contributed by atoms with Crippen molar-refractivity contribution >= 4 is 11.9 Å². The van der Waals surface area contributed by atoms with Crippen molar-refractivity contribution in [2.75, 3.05) is 13.2 Å². The Morgan fingerprint density at radius 1 is 1.12 bits per heavy atom. The Hall–Kier alpha value is -1.40. The molecule has 0 spiro atoms. The molecule has 7 rings (SSSR count). The quantitative estimate of drug-likeness (QED) is 0.339. The number of rotatable bonds is 7. The molecule has 6 saturated carbocycles. The molecule has 11 atom stereocenters. The SMILES string of the molecule is C=C(C)C(=O)OC12CC3CC(CC(OCCOC4C5CC6C(=O)OC4C6C5)(C3)C1C)C2C. The van der Waals surface area contributed by atoms with Gasteiger partial charge in [-0.1, -0.05) is 20.4 Å². The maximum absolute atomic E-state index is 12.6. The second kappa shape index (κ2) is 7.05. The summed E-state index contributed by atoms with van der Waals surface area (Å²) in [5, 5.41) is 0. The van der Waals surface area contributed by atoms with Crippen molar-refractivity contribution in [3.05, 3.63) is 12.2 Å². The molecular formula is C26H36O6. The molecule has 0 N–H and O–H groups in total. The van der Waals surface area contributed by atoms with E-state index in [0.717, 1.165) is 32.1 Å². The van der Waals surface area contributed by atoms with E-state index in [4.69, 9.17) is 18.9 Å². The Kier molecular flexibility index (Phi) is 4.66. The van der Waals surface area contributed by atoms with Gasteiger partial charge in [-0.3, -0.25) is 4.79 Å². The van der Waals surface area contributed by atoms with Gasteiger partial charge in [-0.05, 0) is 69.1 Å². The van der Waals surface area contributed by atoms with Crippen molar-refractivity contribution in [2.24, 2.45) is 41.4 Å². The molecule has 6 aliphatic carbocycles. The van der Waals surface area contributed by atoms with E-state index in [1.54, 1.807) is 6.92 Å². The van der Waals surface area contributed by atoms with E-state index < -0.39 is 5.60 Å². The third-order valence-corrected chi connectivity index (χ3v) is 10.3. The Balaban J connectivity index is 1.12. The normalized spacial score (nSPS) is 51.8. The van der Waals surface area contributed by atoms with Crippen LogP contribution in [0.2, 0.25) is 0 Å². The van der Waals surface area contributed by atoms with E-state index in [-0.39, 0.29) is 41.6 Å². The standard InChI is InChI=1S/C26H36O6/c1-13(2)23(27)32-26-11-16-7-18(14(26)3)12-25(10-16,15(26)4)30-6-5-29-21-17-8-19-20(9-17)24(28)31-22(19)21/h14-22H,1,5-12H2,2-4H3. The van der Waals surface area contributed by atoms with Crippen LogP contribution in [0, 0.1) is 41.4 Å². The summed E-state index contributed by atoms with van der Waals surface area (Å²) in [6, 6.07) is 0. The van der Waals surface area contributed by atoms with E-state index in [0.29, 0.717) is 48.4 Å². The minimum absolute atomic E-state index is 0.0176. The van der Waals surface area contributed by atoms with Crippen LogP contribution in [0.3, 0.4) is 0 Å². The van der Waals surface area contributed by atoms with E-state index in [1.165, 1.54) is 6.42 Å². The molecule has 0 aromatic carbocycles. The molecule has 6 bridgehead atoms. The summed E-state index contributed by atoms with van der Waals surface area (Å²) in [4.78, 5) is 24.6. The number of hydrogen-bond donors (Lipinski definition) is 0. The monoisotopic (exact) mass is 444 g/mol. The van der Waals surface area contributed by atoms with E-state index in [9.17, 15) is 9.59 Å². The van der Waals surface area contributed by atoms with Crippen LogP contribution >= 0.6 is 0 Å². The molecule has 1 aliphatic heterocycles. The summed E-state index contributed by atoms with van der Waals surface area (Å²) in [5.74, 6) is 2.19. The van der Waals surface area contributed by atoms with Crippen LogP contribution in [0.5, 0.6) is 0 Å². The summed E-state index contributed by atoms with van der Waals surface area (Å²) in [7, 11) is 0. The molecule has 6 heteroatoms. The highest BCUT2D eigenvalue weighted by molar-refractivity contribution is 5.87. The van der Waals surface area contributed by atoms with Crippen molar-refractivity contribution in [3.8, 4) is 0 Å². The van der Waals surface area contributed by atoms with Crippen molar-refractivity contribution in [3.63, 3.8) is 0 Å². The fourth-order valence-corrected chi connectivity index (χ4v) is 8.84. The molecular weight excluding hydrogens is 408 g/mol. The number of ether oxygens (including phenoxy) is 4. The highest BCUT2D eigenvalue weighted by atomic mass is 16.6. The third-order valence-electron chi connectivity index (χ3n) is 10.3. The molecule has 6 nitrogen and oxygen atoms in total. The van der Waals surface area contributed by atoms with Crippen LogP contribution in [0.15, 0.2) is 12.2 Å². The van der Waals surface area contributed by atoms with E-state index >= 15 is 0 Å². The minimum atomic E-state index is -0.460. The molecule has 0 amide bonds. The zero-order valence-corrected chi connectivity index (χ0v) is 19.5. The molecule has 0 radical (unpaired) electrons. The van der Waals surface area contributed by atoms with Crippen molar-refractivity contribution in [1.82, 2.24) is 0 Å². The van der Waals surface area contributed by atoms with Gasteiger partial charge in [0.1, 0.15) is 11.7 Å². The summed E-state index contributed by atoms with van der Waals surface area (Å²) < 4.78 is 24.8. The topological polar surface area (TPSA) is 71.1 Å². The zero-order valence-electron chi connectivity index (χ0n) is 19.5. The first kappa shape index (κ1) is 21.2. The molecule has 0 aromatic heterocycles.